The summed E-state index contributed by atoms with van der Waals surface area (Å²) in [5.41, 5.74) is 0. The van der Waals surface area contributed by atoms with Gasteiger partial charge in [0.25, 0.3) is 0 Å². The van der Waals surface area contributed by atoms with E-state index in [-0.39, 0.29) is 25.9 Å². The molecule has 0 spiro atoms. The lowest BCUT2D eigenvalue weighted by Gasteiger charge is -2.21. The number of phosphoric acid groups is 1. The Kier molecular flexibility index (Phi) is 49.8. The van der Waals surface area contributed by atoms with Crippen molar-refractivity contribution < 1.29 is 52.2 Å². The van der Waals surface area contributed by atoms with Gasteiger partial charge in [0.15, 0.2) is 6.10 Å². The topological polar surface area (TPSA) is 155 Å². The van der Waals surface area contributed by atoms with E-state index >= 15 is 0 Å². The minimum absolute atomic E-state index is 0.170. The molecule has 0 rings (SSSR count). The average Bonchev–Trinajstić information content (AvgIpc) is 3.32. The summed E-state index contributed by atoms with van der Waals surface area (Å²) in [7, 11) is -4.74. The molecule has 0 radical (unpaired) electrons. The molecule has 3 atom stereocenters. The molecule has 400 valence electrons. The van der Waals surface area contributed by atoms with E-state index in [1.807, 2.05) is 0 Å². The molecule has 3 unspecified atom stereocenters. The zero-order valence-electron chi connectivity index (χ0n) is 44.1. The fourth-order valence-corrected chi connectivity index (χ4v) is 8.75. The number of hydrogen-bond donors (Lipinski definition) is 2. The van der Waals surface area contributed by atoms with Crippen LogP contribution in [0.4, 0.5) is 0 Å². The van der Waals surface area contributed by atoms with Gasteiger partial charge in [-0.1, -0.05) is 225 Å². The number of unbranched alkanes of at least 4 members (excludes halogenated alkanes) is 32. The van der Waals surface area contributed by atoms with Crippen molar-refractivity contribution >= 4 is 25.7 Å². The number of aliphatic hydroxyl groups excluding tert-OH is 1. The third-order valence-electron chi connectivity index (χ3n) is 12.3. The quantitative estimate of drug-likeness (QED) is 0.0197. The lowest BCUT2D eigenvalue weighted by atomic mass is 10.0. The molecule has 0 amide bonds. The molecule has 0 saturated carbocycles. The summed E-state index contributed by atoms with van der Waals surface area (Å²) in [5.74, 6) is -1.47. The number of phosphoric ester groups is 1. The molecule has 68 heavy (non-hydrogen) atoms. The molecule has 0 heterocycles. The van der Waals surface area contributed by atoms with Gasteiger partial charge in [0.2, 0.25) is 0 Å². The zero-order valence-corrected chi connectivity index (χ0v) is 45.0. The van der Waals surface area contributed by atoms with E-state index in [1.165, 1.54) is 122 Å². The summed E-state index contributed by atoms with van der Waals surface area (Å²) in [6, 6.07) is 0. The van der Waals surface area contributed by atoms with Crippen LogP contribution in [-0.4, -0.2) is 66.5 Å². The highest BCUT2D eigenvalue weighted by atomic mass is 31.2. The molecule has 0 aromatic rings. The van der Waals surface area contributed by atoms with E-state index in [9.17, 15) is 28.9 Å². The molecule has 0 aromatic carbocycles. The van der Waals surface area contributed by atoms with E-state index in [0.29, 0.717) is 19.3 Å². The molecule has 0 aliphatic rings. The van der Waals surface area contributed by atoms with E-state index in [4.69, 9.17) is 23.3 Å². The Morgan fingerprint density at radius 2 is 0.691 bits per heavy atom. The van der Waals surface area contributed by atoms with Crippen LogP contribution in [0.5, 0.6) is 0 Å². The maximum atomic E-state index is 12.9. The number of carbonyl (C=O) groups excluding carboxylic acids is 3. The van der Waals surface area contributed by atoms with Crippen molar-refractivity contribution in [1.82, 2.24) is 0 Å². The zero-order chi connectivity index (χ0) is 49.9. The molecule has 0 fully saturated rings. The lowest BCUT2D eigenvalue weighted by Crippen LogP contribution is -2.30. The summed E-state index contributed by atoms with van der Waals surface area (Å²) < 4.78 is 39.4. The van der Waals surface area contributed by atoms with Crippen molar-refractivity contribution in [1.29, 1.82) is 0 Å². The van der Waals surface area contributed by atoms with E-state index < -0.39 is 57.8 Å². The van der Waals surface area contributed by atoms with Gasteiger partial charge in [-0.3, -0.25) is 23.4 Å². The normalized spacial score (nSPS) is 13.5. The molecule has 2 N–H and O–H groups in total. The van der Waals surface area contributed by atoms with Crippen molar-refractivity contribution in [2.24, 2.45) is 0 Å². The SMILES string of the molecule is CCCC/C=C\CCCCCCCC(=O)OCC(COP(=O)(O)OCC(CO)OC(=O)CCCCCCC/C=C\CCCC)OC(=O)CCCCCCCCCCCCCCCCCCCCC. The van der Waals surface area contributed by atoms with Crippen LogP contribution in [-0.2, 0) is 42.2 Å². The first-order valence-corrected chi connectivity index (χ1v) is 29.7. The van der Waals surface area contributed by atoms with Crippen LogP contribution in [0.3, 0.4) is 0 Å². The summed E-state index contributed by atoms with van der Waals surface area (Å²) in [4.78, 5) is 48.4. The largest absolute Gasteiger partial charge is 0.472 e. The van der Waals surface area contributed by atoms with Gasteiger partial charge in [0.1, 0.15) is 12.7 Å². The molecular weight excluding hydrogens is 880 g/mol. The highest BCUT2D eigenvalue weighted by Crippen LogP contribution is 2.43. The van der Waals surface area contributed by atoms with Gasteiger partial charge in [-0.05, 0) is 57.8 Å². The molecular formula is C56H105O11P. The van der Waals surface area contributed by atoms with E-state index in [1.54, 1.807) is 0 Å². The first-order chi connectivity index (χ1) is 33.2. The fraction of sp³-hybridized carbons (Fsp3) is 0.875. The number of hydrogen-bond acceptors (Lipinski definition) is 10. The average molecular weight is 985 g/mol. The molecule has 0 aliphatic heterocycles. The monoisotopic (exact) mass is 985 g/mol. The van der Waals surface area contributed by atoms with Gasteiger partial charge in [-0.15, -0.1) is 0 Å². The molecule has 0 bridgehead atoms. The van der Waals surface area contributed by atoms with Gasteiger partial charge in [0.05, 0.1) is 19.8 Å². The summed E-state index contributed by atoms with van der Waals surface area (Å²) in [6.07, 6.45) is 50.1. The lowest BCUT2D eigenvalue weighted by molar-refractivity contribution is -0.161. The van der Waals surface area contributed by atoms with Crippen molar-refractivity contribution in [3.63, 3.8) is 0 Å². The Labute approximate surface area is 417 Å². The minimum atomic E-state index is -4.74. The minimum Gasteiger partial charge on any atom is -0.462 e. The van der Waals surface area contributed by atoms with Crippen LogP contribution >= 0.6 is 7.82 Å². The van der Waals surface area contributed by atoms with Crippen molar-refractivity contribution in [3.05, 3.63) is 24.3 Å². The summed E-state index contributed by atoms with van der Waals surface area (Å²) >= 11 is 0. The first kappa shape index (κ1) is 66.0. The van der Waals surface area contributed by atoms with Gasteiger partial charge < -0.3 is 24.2 Å². The maximum Gasteiger partial charge on any atom is 0.472 e. The summed E-state index contributed by atoms with van der Waals surface area (Å²) in [5, 5.41) is 9.77. The van der Waals surface area contributed by atoms with Crippen LogP contribution in [0.1, 0.15) is 278 Å². The third-order valence-corrected chi connectivity index (χ3v) is 13.3. The Bertz CT molecular complexity index is 1240. The molecule has 0 aromatic heterocycles. The number of allylic oxidation sites excluding steroid dienone is 4. The Morgan fingerprint density at radius 1 is 0.397 bits per heavy atom. The van der Waals surface area contributed by atoms with Crippen LogP contribution < -0.4 is 0 Å². The van der Waals surface area contributed by atoms with Crippen LogP contribution in [0.2, 0.25) is 0 Å². The molecule has 12 heteroatoms. The second kappa shape index (κ2) is 51.3. The van der Waals surface area contributed by atoms with Crippen molar-refractivity contribution in [3.8, 4) is 0 Å². The number of esters is 3. The predicted octanol–water partition coefficient (Wildman–Crippen LogP) is 16.3. The van der Waals surface area contributed by atoms with Crippen molar-refractivity contribution in [2.75, 3.05) is 26.4 Å². The highest BCUT2D eigenvalue weighted by molar-refractivity contribution is 7.47. The van der Waals surface area contributed by atoms with Gasteiger partial charge in [-0.25, -0.2) is 4.57 Å². The number of carbonyl (C=O) groups is 3. The van der Waals surface area contributed by atoms with Gasteiger partial charge in [0, 0.05) is 19.3 Å². The summed E-state index contributed by atoms with van der Waals surface area (Å²) in [6.45, 7) is 4.58. The Balaban J connectivity index is 4.65. The second-order valence-electron chi connectivity index (χ2n) is 19.1. The Morgan fingerprint density at radius 3 is 1.06 bits per heavy atom. The molecule has 0 saturated heterocycles. The van der Waals surface area contributed by atoms with Gasteiger partial charge >= 0.3 is 25.7 Å². The maximum absolute atomic E-state index is 12.9. The molecule has 0 aliphatic carbocycles. The third kappa shape index (κ3) is 49.0. The van der Waals surface area contributed by atoms with Crippen LogP contribution in [0.25, 0.3) is 0 Å². The van der Waals surface area contributed by atoms with Crippen molar-refractivity contribution in [2.45, 2.75) is 290 Å². The standard InChI is InChI=1S/C56H105O11P/c1-4-7-10-13-16-19-22-23-24-25-26-27-28-29-32-35-38-41-44-47-56(60)67-53(49-63-54(58)45-42-39-36-33-30-20-17-14-11-8-5-2)51-65-68(61,62)64-50-52(48-57)66-55(59)46-43-40-37-34-31-21-18-15-12-9-6-3/h14-15,17-18,52-53,57H,4-13,16,19-51H2,1-3H3,(H,61,62)/b17-14-,18-15-. The second-order valence-corrected chi connectivity index (χ2v) is 20.6. The first-order valence-electron chi connectivity index (χ1n) is 28.2. The molecule has 11 nitrogen and oxygen atoms in total. The number of ether oxygens (including phenoxy) is 3. The number of aliphatic hydroxyl groups is 1. The number of rotatable bonds is 53. The van der Waals surface area contributed by atoms with E-state index in [0.717, 1.165) is 96.3 Å². The van der Waals surface area contributed by atoms with Crippen LogP contribution in [0, 0.1) is 0 Å². The highest BCUT2D eigenvalue weighted by Gasteiger charge is 2.28. The predicted molar refractivity (Wildman–Crippen MR) is 280 cm³/mol. The Hall–Kier alpha value is -2.04. The van der Waals surface area contributed by atoms with Crippen LogP contribution in [0.15, 0.2) is 24.3 Å². The fourth-order valence-electron chi connectivity index (χ4n) is 7.97. The smallest absolute Gasteiger partial charge is 0.462 e. The van der Waals surface area contributed by atoms with E-state index in [2.05, 4.69) is 45.1 Å². The van der Waals surface area contributed by atoms with Gasteiger partial charge in [-0.2, -0.15) is 0 Å².